The van der Waals surface area contributed by atoms with E-state index in [9.17, 15) is 28.8 Å². The first-order valence-electron chi connectivity index (χ1n) is 13.1. The van der Waals surface area contributed by atoms with Crippen LogP contribution in [0.5, 0.6) is 0 Å². The summed E-state index contributed by atoms with van der Waals surface area (Å²) in [6, 6.07) is 6.43. The van der Waals surface area contributed by atoms with Crippen LogP contribution in [0.15, 0.2) is 30.3 Å². The van der Waals surface area contributed by atoms with Gasteiger partial charge in [0.1, 0.15) is 30.1 Å². The van der Waals surface area contributed by atoms with Gasteiger partial charge in [-0.15, -0.1) is 23.5 Å². The number of rotatable bonds is 9. The van der Waals surface area contributed by atoms with Crippen LogP contribution in [0.4, 0.5) is 0 Å². The van der Waals surface area contributed by atoms with Crippen molar-refractivity contribution in [3.05, 3.63) is 35.9 Å². The van der Waals surface area contributed by atoms with Crippen molar-refractivity contribution in [3.63, 3.8) is 0 Å². The van der Waals surface area contributed by atoms with E-state index in [1.54, 1.807) is 20.8 Å². The quantitative estimate of drug-likeness (QED) is 0.242. The molecule has 0 aliphatic carbocycles. The van der Waals surface area contributed by atoms with Gasteiger partial charge in [-0.2, -0.15) is 0 Å². The lowest BCUT2D eigenvalue weighted by Gasteiger charge is -2.43. The highest BCUT2D eigenvalue weighted by molar-refractivity contribution is 8.02. The minimum atomic E-state index is -1.02. The van der Waals surface area contributed by atoms with Crippen molar-refractivity contribution < 1.29 is 43.0 Å². The number of β-lactam (4-membered cyclic amide) rings is 2. The minimum absolute atomic E-state index is 0.0954. The van der Waals surface area contributed by atoms with Gasteiger partial charge in [0, 0.05) is 11.7 Å². The predicted octanol–water partition coefficient (Wildman–Crippen LogP) is 0.816. The van der Waals surface area contributed by atoms with Crippen LogP contribution < -0.4 is 5.32 Å². The summed E-state index contributed by atoms with van der Waals surface area (Å²) in [6.07, 6.45) is 0.400. The molecule has 0 aromatic heterocycles. The largest absolute Gasteiger partial charge is 0.464 e. The number of nitrogens with zero attached hydrogens (tertiary/aromatic N) is 2. The van der Waals surface area contributed by atoms with E-state index < -0.39 is 57.7 Å². The average molecular weight is 606 g/mol. The standard InChI is InChI=1S/C27H31N3O9S2/c1-14(31)37-12-27(4)21(29-17(33)11-18(29)40-27)25(36)39-13-38-24(35)20-26(2,3)41-23-19(22(34)30(20)23)28-16(32)10-15-8-6-5-7-9-15/h5-9,18-21,23H,10-13H2,1-4H3,(H,28,32)/t18-,19+,20-,21-,23+,27-/m0/s1. The Hall–Kier alpha value is -3.26. The van der Waals surface area contributed by atoms with Crippen molar-refractivity contribution in [2.75, 3.05) is 13.4 Å². The zero-order valence-corrected chi connectivity index (χ0v) is 24.6. The molecule has 0 unspecified atom stereocenters. The molecule has 12 nitrogen and oxygen atoms in total. The molecule has 0 bridgehead atoms. The number of carbonyl (C=O) groups is 6. The molecule has 1 aromatic carbocycles. The second-order valence-corrected chi connectivity index (χ2v) is 14.6. The van der Waals surface area contributed by atoms with Crippen LogP contribution in [-0.2, 0) is 49.4 Å². The lowest BCUT2D eigenvalue weighted by molar-refractivity contribution is -0.182. The summed E-state index contributed by atoms with van der Waals surface area (Å²) in [6.45, 7) is 5.77. The number of ether oxygens (including phenoxy) is 3. The zero-order chi connectivity index (χ0) is 29.7. The van der Waals surface area contributed by atoms with Gasteiger partial charge >= 0.3 is 17.9 Å². The zero-order valence-electron chi connectivity index (χ0n) is 23.0. The Morgan fingerprint density at radius 1 is 0.951 bits per heavy atom. The molecule has 0 spiro atoms. The fourth-order valence-corrected chi connectivity index (χ4v) is 8.92. The van der Waals surface area contributed by atoms with Crippen molar-refractivity contribution in [2.45, 2.75) is 78.9 Å². The van der Waals surface area contributed by atoms with Gasteiger partial charge in [-0.25, -0.2) is 9.59 Å². The number of fused-ring (bicyclic) bond motifs is 2. The molecule has 4 aliphatic heterocycles. The topological polar surface area (TPSA) is 149 Å². The summed E-state index contributed by atoms with van der Waals surface area (Å²) in [7, 11) is 0. The van der Waals surface area contributed by atoms with Gasteiger partial charge in [0.05, 0.1) is 23.0 Å². The maximum atomic E-state index is 13.1. The molecule has 0 saturated carbocycles. The van der Waals surface area contributed by atoms with Gasteiger partial charge in [-0.3, -0.25) is 19.2 Å². The molecule has 41 heavy (non-hydrogen) atoms. The molecule has 1 aromatic rings. The van der Waals surface area contributed by atoms with Gasteiger partial charge in [0.2, 0.25) is 24.5 Å². The molecule has 1 N–H and O–H groups in total. The average Bonchev–Trinajstić information content (AvgIpc) is 3.31. The summed E-state index contributed by atoms with van der Waals surface area (Å²) >= 11 is 2.74. The van der Waals surface area contributed by atoms with Gasteiger partial charge in [-0.1, -0.05) is 30.3 Å². The van der Waals surface area contributed by atoms with E-state index in [1.165, 1.54) is 40.2 Å². The molecule has 3 amide bonds. The van der Waals surface area contributed by atoms with Crippen molar-refractivity contribution in [2.24, 2.45) is 0 Å². The number of thioether (sulfide) groups is 2. The number of amides is 3. The van der Waals surface area contributed by atoms with Crippen LogP contribution in [-0.4, -0.2) is 97.2 Å². The monoisotopic (exact) mass is 605 g/mol. The third kappa shape index (κ3) is 5.39. The number of esters is 3. The number of hydrogen-bond donors (Lipinski definition) is 1. The molecule has 4 fully saturated rings. The fraction of sp³-hybridized carbons (Fsp3) is 0.556. The van der Waals surface area contributed by atoms with E-state index >= 15 is 0 Å². The first kappa shape index (κ1) is 29.2. The Balaban J connectivity index is 1.16. The van der Waals surface area contributed by atoms with Gasteiger partial charge in [0.15, 0.2) is 0 Å². The molecule has 4 saturated heterocycles. The third-order valence-corrected chi connectivity index (χ3v) is 10.7. The van der Waals surface area contributed by atoms with E-state index in [0.717, 1.165) is 5.56 Å². The molecule has 4 aliphatic rings. The Kier molecular flexibility index (Phi) is 7.74. The van der Waals surface area contributed by atoms with E-state index in [4.69, 9.17) is 14.2 Å². The van der Waals surface area contributed by atoms with Crippen LogP contribution in [0.2, 0.25) is 0 Å². The Bertz CT molecular complexity index is 1290. The molecule has 14 heteroatoms. The summed E-state index contributed by atoms with van der Waals surface area (Å²) in [5.41, 5.74) is 0.820. The van der Waals surface area contributed by atoms with Crippen molar-refractivity contribution in [1.29, 1.82) is 0 Å². The van der Waals surface area contributed by atoms with Crippen molar-refractivity contribution >= 4 is 59.2 Å². The smallest absolute Gasteiger partial charge is 0.333 e. The number of carbonyl (C=O) groups excluding carboxylic acids is 6. The van der Waals surface area contributed by atoms with Gasteiger partial charge < -0.3 is 29.3 Å². The minimum Gasteiger partial charge on any atom is -0.464 e. The molecule has 220 valence electrons. The molecule has 6 atom stereocenters. The molecule has 5 rings (SSSR count). The Morgan fingerprint density at radius 2 is 1.61 bits per heavy atom. The second kappa shape index (κ2) is 10.9. The van der Waals surface area contributed by atoms with Gasteiger partial charge in [-0.05, 0) is 26.3 Å². The second-order valence-electron chi connectivity index (χ2n) is 11.1. The normalized spacial score (nSPS) is 30.9. The lowest BCUT2D eigenvalue weighted by atomic mass is 9.96. The SMILES string of the molecule is CC(=O)OC[C@]1(C)S[C@H]2CC(=O)N2[C@H]1C(=O)OCOC(=O)[C@@H]1N2C(=O)[C@@H](NC(=O)Cc3ccccc3)[C@H]2SC1(C)C. The fourth-order valence-electron chi connectivity index (χ4n) is 5.64. The number of nitrogens with one attached hydrogen (secondary N) is 1. The molecule has 4 heterocycles. The highest BCUT2D eigenvalue weighted by atomic mass is 32.2. The van der Waals surface area contributed by atoms with Gasteiger partial charge in [0.25, 0.3) is 0 Å². The number of hydrogen-bond acceptors (Lipinski definition) is 11. The first-order chi connectivity index (χ1) is 19.3. The lowest BCUT2D eigenvalue weighted by Crippen LogP contribution is -2.70. The third-order valence-electron chi connectivity index (χ3n) is 7.59. The summed E-state index contributed by atoms with van der Waals surface area (Å²) in [5, 5.41) is 2.11. The Labute approximate surface area is 245 Å². The molecular formula is C27H31N3O9S2. The van der Waals surface area contributed by atoms with Crippen LogP contribution in [0, 0.1) is 0 Å². The Morgan fingerprint density at radius 3 is 2.24 bits per heavy atom. The van der Waals surface area contributed by atoms with E-state index in [-0.39, 0.29) is 42.5 Å². The van der Waals surface area contributed by atoms with E-state index in [0.29, 0.717) is 0 Å². The highest BCUT2D eigenvalue weighted by Gasteiger charge is 2.65. The predicted molar refractivity (Wildman–Crippen MR) is 147 cm³/mol. The van der Waals surface area contributed by atoms with Crippen LogP contribution in [0.3, 0.4) is 0 Å². The summed E-state index contributed by atoms with van der Waals surface area (Å²) in [5.74, 6) is -2.94. The van der Waals surface area contributed by atoms with Crippen LogP contribution in [0.1, 0.15) is 39.7 Å². The maximum Gasteiger partial charge on any atom is 0.333 e. The summed E-state index contributed by atoms with van der Waals surface area (Å²) in [4.78, 5) is 78.1. The highest BCUT2D eigenvalue weighted by Crippen LogP contribution is 2.52. The van der Waals surface area contributed by atoms with Crippen molar-refractivity contribution in [1.82, 2.24) is 15.1 Å². The first-order valence-corrected chi connectivity index (χ1v) is 14.9. The van der Waals surface area contributed by atoms with Crippen LogP contribution >= 0.6 is 23.5 Å². The molecular weight excluding hydrogens is 574 g/mol. The van der Waals surface area contributed by atoms with Crippen LogP contribution in [0.25, 0.3) is 0 Å². The van der Waals surface area contributed by atoms with Crippen molar-refractivity contribution in [3.8, 4) is 0 Å². The molecule has 0 radical (unpaired) electrons. The van der Waals surface area contributed by atoms with E-state index in [2.05, 4.69) is 5.32 Å². The number of benzene rings is 1. The maximum absolute atomic E-state index is 13.1. The summed E-state index contributed by atoms with van der Waals surface area (Å²) < 4.78 is 14.0. The van der Waals surface area contributed by atoms with E-state index in [1.807, 2.05) is 30.3 Å².